The van der Waals surface area contributed by atoms with Gasteiger partial charge in [-0.15, -0.1) is 0 Å². The molecule has 1 aliphatic rings. The number of carbonyl (C=O) groups is 1. The number of amides is 1. The third kappa shape index (κ3) is 5.04. The van der Waals surface area contributed by atoms with Gasteiger partial charge in [-0.1, -0.05) is 11.6 Å². The summed E-state index contributed by atoms with van der Waals surface area (Å²) in [6.45, 7) is 7.37. The van der Waals surface area contributed by atoms with Crippen LogP contribution in [0.3, 0.4) is 0 Å². The Labute approximate surface area is 129 Å². The monoisotopic (exact) mass is 313 g/mol. The van der Waals surface area contributed by atoms with E-state index in [9.17, 15) is 4.79 Å². The molecule has 2 rings (SSSR count). The number of ether oxygens (including phenoxy) is 2. The van der Waals surface area contributed by atoms with E-state index in [1.54, 1.807) is 4.90 Å². The molecular weight excluding hydrogens is 294 g/mol. The van der Waals surface area contributed by atoms with Gasteiger partial charge in [0.2, 0.25) is 0 Å². The Morgan fingerprint density at radius 2 is 2.10 bits per heavy atom. The quantitative estimate of drug-likeness (QED) is 0.858. The zero-order valence-electron chi connectivity index (χ0n) is 12.5. The second-order valence-corrected chi connectivity index (χ2v) is 6.51. The third-order valence-corrected chi connectivity index (χ3v) is 3.18. The number of carbonyl (C=O) groups excluding carboxylic acids is 1. The second-order valence-electron chi connectivity index (χ2n) is 6.08. The molecule has 1 atom stereocenters. The normalized spacial score (nSPS) is 18.7. The fourth-order valence-corrected chi connectivity index (χ4v) is 2.13. The van der Waals surface area contributed by atoms with Crippen molar-refractivity contribution in [2.75, 3.05) is 19.7 Å². The topological polar surface area (TPSA) is 64.5 Å². The highest BCUT2D eigenvalue weighted by atomic mass is 35.5. The van der Waals surface area contributed by atoms with Gasteiger partial charge in [0, 0.05) is 19.0 Å². The summed E-state index contributed by atoms with van der Waals surface area (Å²) in [7, 11) is 0. The summed E-state index contributed by atoms with van der Waals surface area (Å²) < 4.78 is 10.9. The molecule has 6 nitrogen and oxygen atoms in total. The van der Waals surface area contributed by atoms with Crippen molar-refractivity contribution in [1.82, 2.24) is 14.9 Å². The molecule has 0 spiro atoms. The van der Waals surface area contributed by atoms with Crippen molar-refractivity contribution in [3.63, 3.8) is 0 Å². The van der Waals surface area contributed by atoms with Crippen LogP contribution in [0.2, 0.25) is 5.02 Å². The maximum absolute atomic E-state index is 11.9. The van der Waals surface area contributed by atoms with Crippen LogP contribution >= 0.6 is 11.6 Å². The zero-order valence-corrected chi connectivity index (χ0v) is 13.3. The van der Waals surface area contributed by atoms with Crippen LogP contribution in [-0.2, 0) is 4.74 Å². The van der Waals surface area contributed by atoms with Gasteiger partial charge in [0.1, 0.15) is 5.60 Å². The summed E-state index contributed by atoms with van der Waals surface area (Å²) in [5.74, 6) is 0.261. The van der Waals surface area contributed by atoms with Gasteiger partial charge < -0.3 is 14.4 Å². The first-order valence-corrected chi connectivity index (χ1v) is 7.29. The van der Waals surface area contributed by atoms with Crippen LogP contribution in [0.15, 0.2) is 12.4 Å². The molecule has 1 aliphatic heterocycles. The molecule has 1 aromatic rings. The number of hydrogen-bond acceptors (Lipinski definition) is 5. The Kier molecular flexibility index (Phi) is 4.88. The molecule has 0 radical (unpaired) electrons. The largest absolute Gasteiger partial charge is 0.463 e. The molecule has 7 heteroatoms. The Hall–Kier alpha value is -1.56. The lowest BCUT2D eigenvalue weighted by Crippen LogP contribution is -2.35. The summed E-state index contributed by atoms with van der Waals surface area (Å²) >= 11 is 5.71. The van der Waals surface area contributed by atoms with E-state index in [-0.39, 0.29) is 12.0 Å². The highest BCUT2D eigenvalue weighted by Gasteiger charge is 2.30. The van der Waals surface area contributed by atoms with Gasteiger partial charge in [0.15, 0.2) is 0 Å². The van der Waals surface area contributed by atoms with Crippen LogP contribution in [0, 0.1) is 5.92 Å². The van der Waals surface area contributed by atoms with Crippen LogP contribution in [0.4, 0.5) is 4.79 Å². The molecule has 2 heterocycles. The molecule has 0 unspecified atom stereocenters. The van der Waals surface area contributed by atoms with Crippen LogP contribution in [0.1, 0.15) is 27.2 Å². The molecule has 21 heavy (non-hydrogen) atoms. The van der Waals surface area contributed by atoms with Crippen molar-refractivity contribution in [1.29, 1.82) is 0 Å². The standard InChI is InChI=1S/C14H20ClN3O3/c1-14(2,3)21-13(19)18-5-4-10(8-18)9-20-12-16-6-11(15)7-17-12/h6-7,10H,4-5,8-9H2,1-3H3/t10-/m1/s1. The predicted molar refractivity (Wildman–Crippen MR) is 78.5 cm³/mol. The van der Waals surface area contributed by atoms with Gasteiger partial charge in [-0.2, -0.15) is 0 Å². The van der Waals surface area contributed by atoms with Crippen LogP contribution in [0.5, 0.6) is 6.01 Å². The lowest BCUT2D eigenvalue weighted by Gasteiger charge is -2.24. The van der Waals surface area contributed by atoms with Gasteiger partial charge in [-0.25, -0.2) is 14.8 Å². The second kappa shape index (κ2) is 6.47. The molecule has 116 valence electrons. The predicted octanol–water partition coefficient (Wildman–Crippen LogP) is 2.77. The lowest BCUT2D eigenvalue weighted by molar-refractivity contribution is 0.0284. The Morgan fingerprint density at radius 3 is 2.71 bits per heavy atom. The minimum absolute atomic E-state index is 0.261. The van der Waals surface area contributed by atoms with E-state index < -0.39 is 5.60 Å². The van der Waals surface area contributed by atoms with Gasteiger partial charge >= 0.3 is 12.1 Å². The smallest absolute Gasteiger partial charge is 0.410 e. The Morgan fingerprint density at radius 1 is 1.43 bits per heavy atom. The van der Waals surface area contributed by atoms with E-state index in [4.69, 9.17) is 21.1 Å². The van der Waals surface area contributed by atoms with E-state index >= 15 is 0 Å². The molecule has 1 aromatic heterocycles. The van der Waals surface area contributed by atoms with E-state index in [0.29, 0.717) is 30.7 Å². The molecule has 1 saturated heterocycles. The number of aromatic nitrogens is 2. The molecule has 0 bridgehead atoms. The van der Waals surface area contributed by atoms with Crippen LogP contribution in [0.25, 0.3) is 0 Å². The summed E-state index contributed by atoms with van der Waals surface area (Å²) in [4.78, 5) is 21.6. The zero-order chi connectivity index (χ0) is 15.5. The van der Waals surface area contributed by atoms with E-state index in [1.807, 2.05) is 20.8 Å². The summed E-state index contributed by atoms with van der Waals surface area (Å²) in [5, 5.41) is 0.472. The SMILES string of the molecule is CC(C)(C)OC(=O)N1CC[C@@H](COc2ncc(Cl)cn2)C1. The highest BCUT2D eigenvalue weighted by molar-refractivity contribution is 6.30. The van der Waals surface area contributed by atoms with Crippen molar-refractivity contribution in [3.05, 3.63) is 17.4 Å². The summed E-state index contributed by atoms with van der Waals surface area (Å²) in [5.41, 5.74) is -0.469. The summed E-state index contributed by atoms with van der Waals surface area (Å²) in [6, 6.07) is 0.301. The maximum Gasteiger partial charge on any atom is 0.410 e. The third-order valence-electron chi connectivity index (χ3n) is 2.98. The fourth-order valence-electron chi connectivity index (χ4n) is 2.03. The van der Waals surface area contributed by atoms with Gasteiger partial charge in [-0.05, 0) is 27.2 Å². The van der Waals surface area contributed by atoms with Crippen LogP contribution in [-0.4, -0.2) is 46.3 Å². The fraction of sp³-hybridized carbons (Fsp3) is 0.643. The number of rotatable bonds is 3. The van der Waals surface area contributed by atoms with E-state index in [2.05, 4.69) is 9.97 Å². The van der Waals surface area contributed by atoms with Crippen LogP contribution < -0.4 is 4.74 Å². The first-order valence-electron chi connectivity index (χ1n) is 6.92. The average molecular weight is 314 g/mol. The van der Waals surface area contributed by atoms with Gasteiger partial charge in [0.25, 0.3) is 0 Å². The van der Waals surface area contributed by atoms with Crippen molar-refractivity contribution in [2.24, 2.45) is 5.92 Å². The maximum atomic E-state index is 11.9. The van der Waals surface area contributed by atoms with Crippen molar-refractivity contribution >= 4 is 17.7 Å². The Balaban J connectivity index is 1.77. The van der Waals surface area contributed by atoms with Crippen molar-refractivity contribution < 1.29 is 14.3 Å². The molecular formula is C14H20ClN3O3. The summed E-state index contributed by atoms with van der Waals surface area (Å²) in [6.07, 6.45) is 3.59. The van der Waals surface area contributed by atoms with E-state index in [1.165, 1.54) is 12.4 Å². The first kappa shape index (κ1) is 15.8. The lowest BCUT2D eigenvalue weighted by atomic mass is 10.1. The molecule has 0 saturated carbocycles. The molecule has 0 aromatic carbocycles. The molecule has 1 amide bonds. The number of likely N-dealkylation sites (tertiary alicyclic amines) is 1. The molecule has 0 N–H and O–H groups in total. The number of nitrogens with zero attached hydrogens (tertiary/aromatic N) is 3. The van der Waals surface area contributed by atoms with Gasteiger partial charge in [-0.3, -0.25) is 0 Å². The number of hydrogen-bond donors (Lipinski definition) is 0. The Bertz CT molecular complexity index is 487. The highest BCUT2D eigenvalue weighted by Crippen LogP contribution is 2.20. The van der Waals surface area contributed by atoms with Crippen molar-refractivity contribution in [3.8, 4) is 6.01 Å². The van der Waals surface area contributed by atoms with Gasteiger partial charge in [0.05, 0.1) is 24.0 Å². The minimum Gasteiger partial charge on any atom is -0.463 e. The van der Waals surface area contributed by atoms with E-state index in [0.717, 1.165) is 6.42 Å². The molecule has 0 aliphatic carbocycles. The average Bonchev–Trinajstić information content (AvgIpc) is 2.85. The first-order chi connectivity index (χ1) is 9.83. The minimum atomic E-state index is -0.469. The molecule has 1 fully saturated rings. The number of halogens is 1. The van der Waals surface area contributed by atoms with Crippen molar-refractivity contribution in [2.45, 2.75) is 32.8 Å².